The number of ether oxygens (including phenoxy) is 1. The number of carbonyl (C=O) groups excluding carboxylic acids is 1. The van der Waals surface area contributed by atoms with E-state index in [1.54, 1.807) is 17.6 Å². The Morgan fingerprint density at radius 3 is 2.74 bits per heavy atom. The van der Waals surface area contributed by atoms with E-state index in [2.05, 4.69) is 4.90 Å². The Kier molecular flexibility index (Phi) is 4.39. The van der Waals surface area contributed by atoms with Crippen LogP contribution in [0, 0.1) is 12.7 Å². The molecule has 2 aromatic heterocycles. The Morgan fingerprint density at radius 2 is 2.03 bits per heavy atom. The van der Waals surface area contributed by atoms with Crippen molar-refractivity contribution >= 4 is 16.9 Å². The molecule has 0 fully saturated rings. The molecule has 0 amide bonds. The molecule has 0 saturated heterocycles. The highest BCUT2D eigenvalue weighted by Crippen LogP contribution is 2.46. The van der Waals surface area contributed by atoms with Crippen LogP contribution in [0.4, 0.5) is 4.39 Å². The molecule has 1 N–H and O–H groups in total. The summed E-state index contributed by atoms with van der Waals surface area (Å²) in [4.78, 5) is 33.0. The minimum absolute atomic E-state index is 0.0849. The van der Waals surface area contributed by atoms with Gasteiger partial charge in [0, 0.05) is 28.6 Å². The van der Waals surface area contributed by atoms with E-state index >= 15 is 0 Å². The number of carbonyl (C=O) groups is 1. The molecule has 0 unspecified atom stereocenters. The van der Waals surface area contributed by atoms with Gasteiger partial charge in [-0.1, -0.05) is 6.92 Å². The topological polar surface area (TPSA) is 84.7 Å². The summed E-state index contributed by atoms with van der Waals surface area (Å²) in [5, 5.41) is 12.1. The van der Waals surface area contributed by atoms with Crippen LogP contribution in [0.25, 0.3) is 22.3 Å². The molecular weight excluding hydrogens is 437 g/mol. The number of nitrogens with zero attached hydrogens (tertiary/aromatic N) is 3. The van der Waals surface area contributed by atoms with E-state index in [1.165, 1.54) is 6.07 Å². The number of rotatable bonds is 2. The van der Waals surface area contributed by atoms with E-state index in [0.29, 0.717) is 34.6 Å². The lowest BCUT2D eigenvalue weighted by Crippen LogP contribution is -2.44. The quantitative estimate of drug-likeness (QED) is 0.460. The molecule has 0 radical (unpaired) electrons. The number of hydrogen-bond acceptors (Lipinski definition) is 6. The zero-order valence-electron chi connectivity index (χ0n) is 19.7. The molecule has 1 aliphatic carbocycles. The summed E-state index contributed by atoms with van der Waals surface area (Å²) in [6, 6.07) is 3.29. The van der Waals surface area contributed by atoms with Gasteiger partial charge in [0.1, 0.15) is 12.4 Å². The number of halogens is 1. The Hall–Kier alpha value is -3.10. The van der Waals surface area contributed by atoms with Crippen molar-refractivity contribution < 1.29 is 19.0 Å². The molecule has 2 atom stereocenters. The second-order valence-electron chi connectivity index (χ2n) is 9.83. The van der Waals surface area contributed by atoms with Gasteiger partial charge < -0.3 is 19.3 Å². The molecule has 2 aliphatic heterocycles. The zero-order chi connectivity index (χ0) is 24.1. The molecule has 0 saturated carbocycles. The zero-order valence-corrected chi connectivity index (χ0v) is 19.7. The number of aliphatic hydroxyl groups is 1. The van der Waals surface area contributed by atoms with Gasteiger partial charge in [-0.15, -0.1) is 0 Å². The third-order valence-corrected chi connectivity index (χ3v) is 7.97. The van der Waals surface area contributed by atoms with Crippen molar-refractivity contribution in [3.05, 3.63) is 61.7 Å². The minimum atomic E-state index is -1.88. The van der Waals surface area contributed by atoms with Crippen molar-refractivity contribution in [2.45, 2.75) is 57.9 Å². The number of esters is 1. The van der Waals surface area contributed by atoms with Crippen LogP contribution in [-0.2, 0) is 34.7 Å². The summed E-state index contributed by atoms with van der Waals surface area (Å²) in [5.41, 5.74) is 3.82. The van der Waals surface area contributed by atoms with Gasteiger partial charge in [-0.25, -0.2) is 14.2 Å². The second kappa shape index (κ2) is 6.96. The van der Waals surface area contributed by atoms with Crippen molar-refractivity contribution in [3.63, 3.8) is 0 Å². The Balaban J connectivity index is 1.70. The molecule has 3 aliphatic rings. The normalized spacial score (nSPS) is 22.6. The van der Waals surface area contributed by atoms with Crippen molar-refractivity contribution in [1.82, 2.24) is 14.5 Å². The van der Waals surface area contributed by atoms with E-state index in [-0.39, 0.29) is 36.0 Å². The lowest BCUT2D eigenvalue weighted by atomic mass is 9.81. The predicted octanol–water partition coefficient (Wildman–Crippen LogP) is 3.08. The smallest absolute Gasteiger partial charge is 0.343 e. The Bertz CT molecular complexity index is 1490. The van der Waals surface area contributed by atoms with Crippen LogP contribution in [0.3, 0.4) is 0 Å². The number of fused-ring (bicyclic) bond motifs is 5. The number of pyridine rings is 2. The third kappa shape index (κ3) is 2.55. The van der Waals surface area contributed by atoms with Crippen LogP contribution < -0.4 is 5.56 Å². The summed E-state index contributed by atoms with van der Waals surface area (Å²) in [6.07, 6.45) is 1.69. The van der Waals surface area contributed by atoms with Crippen molar-refractivity contribution in [2.24, 2.45) is 0 Å². The van der Waals surface area contributed by atoms with Gasteiger partial charge in [-0.2, -0.15) is 0 Å². The first-order valence-corrected chi connectivity index (χ1v) is 11.6. The fourth-order valence-corrected chi connectivity index (χ4v) is 6.05. The third-order valence-electron chi connectivity index (χ3n) is 7.97. The van der Waals surface area contributed by atoms with Crippen LogP contribution >= 0.6 is 0 Å². The predicted molar refractivity (Wildman–Crippen MR) is 124 cm³/mol. The fourth-order valence-electron chi connectivity index (χ4n) is 6.05. The first-order chi connectivity index (χ1) is 16.2. The molecule has 0 bridgehead atoms. The SMILES string of the molecule is CC[C@@]1(O)C(=O)OCc2c1cc1n(c2=O)Cc2c-1nc1cc(F)c(C)c3c1c2[C@@H](N(C)C)CC3. The molecule has 7 nitrogen and oxygen atoms in total. The molecule has 34 heavy (non-hydrogen) atoms. The Labute approximate surface area is 195 Å². The lowest BCUT2D eigenvalue weighted by Gasteiger charge is -2.33. The van der Waals surface area contributed by atoms with Crippen molar-refractivity contribution in [3.8, 4) is 11.4 Å². The average molecular weight is 464 g/mol. The summed E-state index contributed by atoms with van der Waals surface area (Å²) in [5.74, 6) is -1.03. The number of aryl methyl sites for hydroxylation is 1. The standard InChI is InChI=1S/C26H26FN3O4/c1-5-26(33)16-8-20-23-14(10-30(20)24(31)15(16)11-34-25(26)32)22-19(29(3)4)7-6-13-12(2)17(27)9-18(28-23)21(13)22/h8-9,19,33H,5-7,10-11H2,1-4H3/t19-,26-/m0/s1. The molecule has 8 heteroatoms. The lowest BCUT2D eigenvalue weighted by molar-refractivity contribution is -0.172. The highest BCUT2D eigenvalue weighted by Gasteiger charge is 2.46. The van der Waals surface area contributed by atoms with E-state index in [1.807, 2.05) is 21.0 Å². The Morgan fingerprint density at radius 1 is 1.26 bits per heavy atom. The first kappa shape index (κ1) is 21.4. The largest absolute Gasteiger partial charge is 0.458 e. The molecule has 176 valence electrons. The van der Waals surface area contributed by atoms with Crippen LogP contribution in [-0.4, -0.2) is 39.6 Å². The average Bonchev–Trinajstić information content (AvgIpc) is 3.18. The summed E-state index contributed by atoms with van der Waals surface area (Å²) >= 11 is 0. The van der Waals surface area contributed by atoms with Crippen LogP contribution in [0.15, 0.2) is 16.9 Å². The summed E-state index contributed by atoms with van der Waals surface area (Å²) < 4.78 is 21.7. The molecule has 6 rings (SSSR count). The number of benzene rings is 1. The van der Waals surface area contributed by atoms with Crippen molar-refractivity contribution in [2.75, 3.05) is 14.1 Å². The molecule has 3 aromatic rings. The van der Waals surface area contributed by atoms with Crippen LogP contribution in [0.1, 0.15) is 59.2 Å². The monoisotopic (exact) mass is 463 g/mol. The van der Waals surface area contributed by atoms with Crippen LogP contribution in [0.5, 0.6) is 0 Å². The van der Waals surface area contributed by atoms with Gasteiger partial charge in [0.2, 0.25) is 0 Å². The number of cyclic esters (lactones) is 1. The van der Waals surface area contributed by atoms with Crippen molar-refractivity contribution in [1.29, 1.82) is 0 Å². The highest BCUT2D eigenvalue weighted by atomic mass is 19.1. The summed E-state index contributed by atoms with van der Waals surface area (Å²) in [6.45, 7) is 3.67. The maximum absolute atomic E-state index is 14.8. The van der Waals surface area contributed by atoms with Gasteiger partial charge in [-0.05, 0) is 63.0 Å². The van der Waals surface area contributed by atoms with Gasteiger partial charge in [0.05, 0.1) is 29.0 Å². The van der Waals surface area contributed by atoms with Crippen LogP contribution in [0.2, 0.25) is 0 Å². The maximum atomic E-state index is 14.8. The molecule has 0 spiro atoms. The van der Waals surface area contributed by atoms with E-state index in [4.69, 9.17) is 9.72 Å². The van der Waals surface area contributed by atoms with Gasteiger partial charge in [0.25, 0.3) is 5.56 Å². The molecule has 1 aromatic carbocycles. The first-order valence-electron chi connectivity index (χ1n) is 11.6. The minimum Gasteiger partial charge on any atom is -0.458 e. The second-order valence-corrected chi connectivity index (χ2v) is 9.83. The highest BCUT2D eigenvalue weighted by molar-refractivity contribution is 5.93. The van der Waals surface area contributed by atoms with Gasteiger partial charge in [0.15, 0.2) is 5.60 Å². The number of hydrogen-bond donors (Lipinski definition) is 1. The van der Waals surface area contributed by atoms with E-state index < -0.39 is 11.6 Å². The van der Waals surface area contributed by atoms with Gasteiger partial charge >= 0.3 is 5.97 Å². The molecule has 4 heterocycles. The van der Waals surface area contributed by atoms with E-state index in [9.17, 15) is 19.1 Å². The van der Waals surface area contributed by atoms with Gasteiger partial charge in [-0.3, -0.25) is 4.79 Å². The fraction of sp³-hybridized carbons (Fsp3) is 0.423. The summed E-state index contributed by atoms with van der Waals surface area (Å²) in [7, 11) is 4.06. The number of aromatic nitrogens is 2. The van der Waals surface area contributed by atoms with E-state index in [0.717, 1.165) is 34.9 Å². The molecular formula is C26H26FN3O4. The maximum Gasteiger partial charge on any atom is 0.343 e.